The molecule has 0 aromatic heterocycles. The second kappa shape index (κ2) is 9.24. The fourth-order valence-electron chi connectivity index (χ4n) is 1.78. The van der Waals surface area contributed by atoms with Gasteiger partial charge in [-0.2, -0.15) is 0 Å². The number of hydrogen-bond acceptors (Lipinski definition) is 7. The van der Waals surface area contributed by atoms with Gasteiger partial charge in [0.25, 0.3) is 5.69 Å². The van der Waals surface area contributed by atoms with Crippen molar-refractivity contribution in [3.8, 4) is 5.75 Å². The molecule has 0 aliphatic rings. The van der Waals surface area contributed by atoms with Crippen LogP contribution >= 0.6 is 0 Å². The average Bonchev–Trinajstić information content (AvgIpc) is 2.46. The number of rotatable bonds is 10. The Morgan fingerprint density at radius 1 is 1.19 bits per heavy atom. The standard InChI is InChI=1S/C13H20N2O6/c16-7-5-14(6-8-17)9-12(18)10-21-13-3-1-11(2-4-13)15(19)20/h1-4,12,16-18H,5-10H2/t12-/m0/s1. The molecule has 0 amide bonds. The van der Waals surface area contributed by atoms with Crippen molar-refractivity contribution in [3.63, 3.8) is 0 Å². The van der Waals surface area contributed by atoms with Gasteiger partial charge in [-0.3, -0.25) is 15.0 Å². The molecule has 3 N–H and O–H groups in total. The largest absolute Gasteiger partial charge is 0.491 e. The molecule has 8 nitrogen and oxygen atoms in total. The van der Waals surface area contributed by atoms with Gasteiger partial charge in [0.1, 0.15) is 18.5 Å². The third-order valence-electron chi connectivity index (χ3n) is 2.79. The van der Waals surface area contributed by atoms with Gasteiger partial charge in [-0.05, 0) is 12.1 Å². The van der Waals surface area contributed by atoms with Gasteiger partial charge in [0.05, 0.1) is 18.1 Å². The summed E-state index contributed by atoms with van der Waals surface area (Å²) >= 11 is 0. The van der Waals surface area contributed by atoms with E-state index in [-0.39, 0.29) is 32.1 Å². The summed E-state index contributed by atoms with van der Waals surface area (Å²) in [6, 6.07) is 5.57. The molecule has 0 unspecified atom stereocenters. The summed E-state index contributed by atoms with van der Waals surface area (Å²) in [6.45, 7) is 0.870. The van der Waals surface area contributed by atoms with E-state index in [4.69, 9.17) is 14.9 Å². The number of aliphatic hydroxyl groups excluding tert-OH is 3. The Morgan fingerprint density at radius 3 is 2.24 bits per heavy atom. The summed E-state index contributed by atoms with van der Waals surface area (Å²) in [7, 11) is 0. The lowest BCUT2D eigenvalue weighted by atomic mass is 10.3. The van der Waals surface area contributed by atoms with Crippen molar-refractivity contribution < 1.29 is 25.0 Å². The average molecular weight is 300 g/mol. The molecule has 0 radical (unpaired) electrons. The van der Waals surface area contributed by atoms with Crippen LogP contribution in [0, 0.1) is 10.1 Å². The Kier molecular flexibility index (Phi) is 7.62. The number of benzene rings is 1. The van der Waals surface area contributed by atoms with Crippen molar-refractivity contribution >= 4 is 5.69 Å². The zero-order chi connectivity index (χ0) is 15.7. The number of nitro groups is 1. The molecule has 0 aliphatic carbocycles. The van der Waals surface area contributed by atoms with E-state index in [1.165, 1.54) is 24.3 Å². The fraction of sp³-hybridized carbons (Fsp3) is 0.538. The number of nitrogens with zero attached hydrogens (tertiary/aromatic N) is 2. The molecule has 0 heterocycles. The van der Waals surface area contributed by atoms with E-state index in [0.717, 1.165) is 0 Å². The molecule has 1 aromatic rings. The molecule has 0 aliphatic heterocycles. The monoisotopic (exact) mass is 300 g/mol. The van der Waals surface area contributed by atoms with Crippen molar-refractivity contribution in [2.45, 2.75) is 6.10 Å². The zero-order valence-electron chi connectivity index (χ0n) is 11.6. The highest BCUT2D eigenvalue weighted by Gasteiger charge is 2.12. The van der Waals surface area contributed by atoms with Gasteiger partial charge in [-0.1, -0.05) is 0 Å². The van der Waals surface area contributed by atoms with Crippen LogP contribution in [-0.4, -0.2) is 70.7 Å². The Labute approximate surface area is 122 Å². The van der Waals surface area contributed by atoms with Crippen LogP contribution in [-0.2, 0) is 0 Å². The number of aliphatic hydroxyl groups is 3. The van der Waals surface area contributed by atoms with Crippen LogP contribution < -0.4 is 4.74 Å². The van der Waals surface area contributed by atoms with Gasteiger partial charge in [-0.15, -0.1) is 0 Å². The Balaban J connectivity index is 2.40. The van der Waals surface area contributed by atoms with E-state index in [1.807, 2.05) is 0 Å². The lowest BCUT2D eigenvalue weighted by Gasteiger charge is -2.23. The predicted molar refractivity (Wildman–Crippen MR) is 75.2 cm³/mol. The molecule has 1 rings (SSSR count). The third-order valence-corrected chi connectivity index (χ3v) is 2.79. The van der Waals surface area contributed by atoms with E-state index >= 15 is 0 Å². The minimum Gasteiger partial charge on any atom is -0.491 e. The molecular weight excluding hydrogens is 280 g/mol. The van der Waals surface area contributed by atoms with Crippen molar-refractivity contribution in [2.75, 3.05) is 39.5 Å². The van der Waals surface area contributed by atoms with Crippen molar-refractivity contribution in [2.24, 2.45) is 0 Å². The number of nitro benzene ring substituents is 1. The van der Waals surface area contributed by atoms with Gasteiger partial charge >= 0.3 is 0 Å². The van der Waals surface area contributed by atoms with E-state index in [2.05, 4.69) is 0 Å². The summed E-state index contributed by atoms with van der Waals surface area (Å²) in [5, 5.41) is 38.1. The SMILES string of the molecule is O=[N+]([O-])c1ccc(OC[C@@H](O)CN(CCO)CCO)cc1. The molecule has 118 valence electrons. The van der Waals surface area contributed by atoms with E-state index < -0.39 is 11.0 Å². The van der Waals surface area contributed by atoms with Crippen LogP contribution in [0.2, 0.25) is 0 Å². The highest BCUT2D eigenvalue weighted by atomic mass is 16.6. The summed E-state index contributed by atoms with van der Waals surface area (Å²) < 4.78 is 5.34. The maximum Gasteiger partial charge on any atom is 0.269 e. The molecule has 21 heavy (non-hydrogen) atoms. The van der Waals surface area contributed by atoms with Gasteiger partial charge in [0, 0.05) is 31.8 Å². The minimum absolute atomic E-state index is 0.0190. The summed E-state index contributed by atoms with van der Waals surface area (Å²) in [6.07, 6.45) is -0.793. The number of ether oxygens (including phenoxy) is 1. The maximum atomic E-state index is 10.5. The van der Waals surface area contributed by atoms with Crippen LogP contribution in [0.1, 0.15) is 0 Å². The third kappa shape index (κ3) is 6.50. The quantitative estimate of drug-likeness (QED) is 0.398. The Morgan fingerprint density at radius 2 is 1.76 bits per heavy atom. The van der Waals surface area contributed by atoms with Gasteiger partial charge in [0.2, 0.25) is 0 Å². The minimum atomic E-state index is -0.793. The first-order valence-corrected chi connectivity index (χ1v) is 6.56. The van der Waals surface area contributed by atoms with Crippen LogP contribution in [0.25, 0.3) is 0 Å². The van der Waals surface area contributed by atoms with Gasteiger partial charge < -0.3 is 20.1 Å². The van der Waals surface area contributed by atoms with Crippen LogP contribution in [0.4, 0.5) is 5.69 Å². The molecule has 0 saturated carbocycles. The first kappa shape index (κ1) is 17.3. The van der Waals surface area contributed by atoms with Crippen molar-refractivity contribution in [3.05, 3.63) is 34.4 Å². The molecule has 0 saturated heterocycles. The highest BCUT2D eigenvalue weighted by molar-refractivity contribution is 5.35. The van der Waals surface area contributed by atoms with E-state index in [1.54, 1.807) is 4.90 Å². The van der Waals surface area contributed by atoms with E-state index in [9.17, 15) is 15.2 Å². The van der Waals surface area contributed by atoms with Crippen LogP contribution in [0.15, 0.2) is 24.3 Å². The van der Waals surface area contributed by atoms with Crippen LogP contribution in [0.3, 0.4) is 0 Å². The predicted octanol–water partition coefficient (Wildman–Crippen LogP) is -0.379. The molecule has 1 atom stereocenters. The normalized spacial score (nSPS) is 12.4. The second-order valence-electron chi connectivity index (χ2n) is 4.46. The van der Waals surface area contributed by atoms with Gasteiger partial charge in [-0.25, -0.2) is 0 Å². The maximum absolute atomic E-state index is 10.5. The lowest BCUT2D eigenvalue weighted by Crippen LogP contribution is -2.38. The first-order valence-electron chi connectivity index (χ1n) is 6.56. The Hall–Kier alpha value is -1.74. The molecule has 0 spiro atoms. The van der Waals surface area contributed by atoms with Crippen molar-refractivity contribution in [1.29, 1.82) is 0 Å². The fourth-order valence-corrected chi connectivity index (χ4v) is 1.78. The molecule has 8 heteroatoms. The van der Waals surface area contributed by atoms with Crippen molar-refractivity contribution in [1.82, 2.24) is 4.90 Å². The molecular formula is C13H20N2O6. The summed E-state index contributed by atoms with van der Waals surface area (Å²) in [5.41, 5.74) is -0.0278. The lowest BCUT2D eigenvalue weighted by molar-refractivity contribution is -0.384. The van der Waals surface area contributed by atoms with Gasteiger partial charge in [0.15, 0.2) is 0 Å². The highest BCUT2D eigenvalue weighted by Crippen LogP contribution is 2.17. The molecule has 0 fully saturated rings. The summed E-state index contributed by atoms with van der Waals surface area (Å²) in [4.78, 5) is 11.7. The summed E-state index contributed by atoms with van der Waals surface area (Å²) in [5.74, 6) is 0.426. The first-order chi connectivity index (χ1) is 10.1. The number of hydrogen-bond donors (Lipinski definition) is 3. The molecule has 0 bridgehead atoms. The molecule has 1 aromatic carbocycles. The zero-order valence-corrected chi connectivity index (χ0v) is 11.6. The van der Waals surface area contributed by atoms with E-state index in [0.29, 0.717) is 18.8 Å². The smallest absolute Gasteiger partial charge is 0.269 e. The second-order valence-corrected chi connectivity index (χ2v) is 4.46. The topological polar surface area (TPSA) is 116 Å². The number of non-ortho nitro benzene ring substituents is 1. The van der Waals surface area contributed by atoms with Crippen LogP contribution in [0.5, 0.6) is 5.75 Å². The Bertz CT molecular complexity index is 419.